The van der Waals surface area contributed by atoms with Crippen LogP contribution in [-0.2, 0) is 6.54 Å². The summed E-state index contributed by atoms with van der Waals surface area (Å²) in [6.07, 6.45) is 0. The van der Waals surface area contributed by atoms with Gasteiger partial charge in [-0.05, 0) is 46.1 Å². The molecule has 0 aliphatic rings. The summed E-state index contributed by atoms with van der Waals surface area (Å²) in [4.78, 5) is 0. The Hall–Kier alpha value is -0.610. The monoisotopic (exact) mass is 303 g/mol. The van der Waals surface area contributed by atoms with Crippen molar-refractivity contribution < 1.29 is 9.13 Å². The highest BCUT2D eigenvalue weighted by molar-refractivity contribution is 9.10. The molecule has 0 heterocycles. The minimum absolute atomic E-state index is 0.101. The molecule has 0 spiro atoms. The van der Waals surface area contributed by atoms with E-state index in [0.29, 0.717) is 11.7 Å². The number of ether oxygens (including phenoxy) is 1. The lowest BCUT2D eigenvalue weighted by Crippen LogP contribution is -2.18. The summed E-state index contributed by atoms with van der Waals surface area (Å²) in [5.41, 5.74) is 1.19. The SMILES string of the molecule is CC(C)CNCc1ccc(OCCF)c(Br)c1. The molecule has 0 aliphatic heterocycles. The predicted octanol–water partition coefficient (Wildman–Crippen LogP) is 3.54. The zero-order valence-electron chi connectivity index (χ0n) is 10.3. The van der Waals surface area contributed by atoms with E-state index in [1.54, 1.807) is 0 Å². The number of rotatable bonds is 7. The molecule has 0 saturated heterocycles. The van der Waals surface area contributed by atoms with Crippen molar-refractivity contribution in [2.24, 2.45) is 5.92 Å². The first-order valence-electron chi connectivity index (χ1n) is 5.81. The van der Waals surface area contributed by atoms with E-state index in [1.807, 2.05) is 18.2 Å². The van der Waals surface area contributed by atoms with E-state index in [1.165, 1.54) is 5.56 Å². The van der Waals surface area contributed by atoms with Crippen molar-refractivity contribution in [2.75, 3.05) is 19.8 Å². The Morgan fingerprint density at radius 3 is 2.76 bits per heavy atom. The average molecular weight is 304 g/mol. The standard InChI is InChI=1S/C13H19BrFNO/c1-10(2)8-16-9-11-3-4-13(12(14)7-11)17-6-5-15/h3-4,7,10,16H,5-6,8-9H2,1-2H3. The molecule has 0 aromatic heterocycles. The summed E-state index contributed by atoms with van der Waals surface area (Å²) in [7, 11) is 0. The van der Waals surface area contributed by atoms with Gasteiger partial charge in [-0.1, -0.05) is 19.9 Å². The lowest BCUT2D eigenvalue weighted by Gasteiger charge is -2.10. The van der Waals surface area contributed by atoms with Gasteiger partial charge in [0.05, 0.1) is 4.47 Å². The minimum atomic E-state index is -0.468. The molecule has 0 unspecified atom stereocenters. The molecule has 0 bridgehead atoms. The fraction of sp³-hybridized carbons (Fsp3) is 0.538. The van der Waals surface area contributed by atoms with E-state index in [0.717, 1.165) is 17.6 Å². The molecule has 0 fully saturated rings. The quantitative estimate of drug-likeness (QED) is 0.832. The van der Waals surface area contributed by atoms with Crippen molar-refractivity contribution in [1.82, 2.24) is 5.32 Å². The third-order valence-electron chi connectivity index (χ3n) is 2.21. The average Bonchev–Trinajstić information content (AvgIpc) is 2.27. The third-order valence-corrected chi connectivity index (χ3v) is 2.83. The van der Waals surface area contributed by atoms with E-state index in [2.05, 4.69) is 35.1 Å². The summed E-state index contributed by atoms with van der Waals surface area (Å²) < 4.78 is 18.1. The lowest BCUT2D eigenvalue weighted by atomic mass is 10.2. The Balaban J connectivity index is 2.50. The van der Waals surface area contributed by atoms with Crippen molar-refractivity contribution in [3.8, 4) is 5.75 Å². The van der Waals surface area contributed by atoms with Gasteiger partial charge in [-0.15, -0.1) is 0 Å². The van der Waals surface area contributed by atoms with Crippen LogP contribution in [0.4, 0.5) is 4.39 Å². The number of hydrogen-bond acceptors (Lipinski definition) is 2. The van der Waals surface area contributed by atoms with Crippen molar-refractivity contribution in [1.29, 1.82) is 0 Å². The first-order valence-corrected chi connectivity index (χ1v) is 6.60. The van der Waals surface area contributed by atoms with Crippen LogP contribution in [0, 0.1) is 5.92 Å². The summed E-state index contributed by atoms with van der Waals surface area (Å²) >= 11 is 3.42. The maximum atomic E-state index is 12.0. The molecule has 0 amide bonds. The van der Waals surface area contributed by atoms with E-state index in [-0.39, 0.29) is 6.61 Å². The first kappa shape index (κ1) is 14.5. The normalized spacial score (nSPS) is 10.9. The van der Waals surface area contributed by atoms with E-state index in [4.69, 9.17) is 4.74 Å². The zero-order valence-corrected chi connectivity index (χ0v) is 11.9. The summed E-state index contributed by atoms with van der Waals surface area (Å²) in [6.45, 7) is 5.82. The van der Waals surface area contributed by atoms with Crippen LogP contribution in [-0.4, -0.2) is 19.8 Å². The van der Waals surface area contributed by atoms with Gasteiger partial charge in [-0.3, -0.25) is 0 Å². The highest BCUT2D eigenvalue weighted by Gasteiger charge is 2.03. The lowest BCUT2D eigenvalue weighted by molar-refractivity contribution is 0.272. The molecule has 0 saturated carbocycles. The van der Waals surface area contributed by atoms with Crippen molar-refractivity contribution >= 4 is 15.9 Å². The number of benzene rings is 1. The summed E-state index contributed by atoms with van der Waals surface area (Å²) in [5.74, 6) is 1.33. The number of hydrogen-bond donors (Lipinski definition) is 1. The second kappa shape index (κ2) is 7.67. The smallest absolute Gasteiger partial charge is 0.133 e. The van der Waals surface area contributed by atoms with Crippen LogP contribution in [0.1, 0.15) is 19.4 Å². The molecule has 17 heavy (non-hydrogen) atoms. The van der Waals surface area contributed by atoms with E-state index >= 15 is 0 Å². The fourth-order valence-electron chi connectivity index (χ4n) is 1.43. The van der Waals surface area contributed by atoms with Gasteiger partial charge in [0.2, 0.25) is 0 Å². The van der Waals surface area contributed by atoms with Crippen LogP contribution < -0.4 is 10.1 Å². The molecule has 1 rings (SSSR count). The molecule has 96 valence electrons. The van der Waals surface area contributed by atoms with Crippen LogP contribution in [0.25, 0.3) is 0 Å². The topological polar surface area (TPSA) is 21.3 Å². The molecule has 1 aromatic rings. The van der Waals surface area contributed by atoms with Gasteiger partial charge >= 0.3 is 0 Å². The van der Waals surface area contributed by atoms with Crippen LogP contribution in [0.5, 0.6) is 5.75 Å². The number of halogens is 2. The Morgan fingerprint density at radius 2 is 2.18 bits per heavy atom. The number of alkyl halides is 1. The molecule has 0 atom stereocenters. The maximum Gasteiger partial charge on any atom is 0.133 e. The minimum Gasteiger partial charge on any atom is -0.490 e. The van der Waals surface area contributed by atoms with E-state index < -0.39 is 6.67 Å². The Bertz CT molecular complexity index is 344. The van der Waals surface area contributed by atoms with Crippen molar-refractivity contribution in [3.05, 3.63) is 28.2 Å². The largest absolute Gasteiger partial charge is 0.490 e. The number of nitrogens with one attached hydrogen (secondary N) is 1. The second-order valence-electron chi connectivity index (χ2n) is 4.33. The van der Waals surface area contributed by atoms with E-state index in [9.17, 15) is 4.39 Å². The molecule has 0 radical (unpaired) electrons. The maximum absolute atomic E-state index is 12.0. The van der Waals surface area contributed by atoms with Gasteiger partial charge in [0.1, 0.15) is 19.0 Å². The van der Waals surface area contributed by atoms with Gasteiger partial charge in [-0.25, -0.2) is 4.39 Å². The molecular formula is C13H19BrFNO. The summed E-state index contributed by atoms with van der Waals surface area (Å²) in [6, 6.07) is 5.86. The van der Waals surface area contributed by atoms with Crippen LogP contribution in [0.3, 0.4) is 0 Å². The zero-order chi connectivity index (χ0) is 12.7. The van der Waals surface area contributed by atoms with Gasteiger partial charge in [0, 0.05) is 6.54 Å². The van der Waals surface area contributed by atoms with Crippen molar-refractivity contribution in [2.45, 2.75) is 20.4 Å². The Labute approximate surface area is 111 Å². The molecular weight excluding hydrogens is 285 g/mol. The van der Waals surface area contributed by atoms with Crippen molar-refractivity contribution in [3.63, 3.8) is 0 Å². The molecule has 0 aliphatic carbocycles. The summed E-state index contributed by atoms with van der Waals surface area (Å²) in [5, 5.41) is 3.37. The van der Waals surface area contributed by atoms with Gasteiger partial charge in [0.25, 0.3) is 0 Å². The second-order valence-corrected chi connectivity index (χ2v) is 5.18. The highest BCUT2D eigenvalue weighted by Crippen LogP contribution is 2.25. The molecule has 1 aromatic carbocycles. The van der Waals surface area contributed by atoms with Gasteiger partial charge in [0.15, 0.2) is 0 Å². The molecule has 4 heteroatoms. The molecule has 2 nitrogen and oxygen atoms in total. The Kier molecular flexibility index (Phi) is 6.52. The van der Waals surface area contributed by atoms with Crippen LogP contribution in [0.15, 0.2) is 22.7 Å². The van der Waals surface area contributed by atoms with Crippen LogP contribution in [0.2, 0.25) is 0 Å². The Morgan fingerprint density at radius 1 is 1.41 bits per heavy atom. The van der Waals surface area contributed by atoms with Gasteiger partial charge in [-0.2, -0.15) is 0 Å². The third kappa shape index (κ3) is 5.50. The first-order chi connectivity index (χ1) is 8.13. The highest BCUT2D eigenvalue weighted by atomic mass is 79.9. The predicted molar refractivity (Wildman–Crippen MR) is 72.2 cm³/mol. The molecule has 1 N–H and O–H groups in total. The van der Waals surface area contributed by atoms with Gasteiger partial charge < -0.3 is 10.1 Å². The fourth-order valence-corrected chi connectivity index (χ4v) is 1.97. The van der Waals surface area contributed by atoms with Crippen LogP contribution >= 0.6 is 15.9 Å².